The molecule has 0 spiro atoms. The van der Waals surface area contributed by atoms with Crippen LogP contribution in [0.2, 0.25) is 0 Å². The molecular formula is C23H49NO. The van der Waals surface area contributed by atoms with E-state index in [1.807, 2.05) is 6.92 Å². The van der Waals surface area contributed by atoms with Crippen molar-refractivity contribution < 1.29 is 5.11 Å². The van der Waals surface area contributed by atoms with Crippen molar-refractivity contribution in [3.8, 4) is 0 Å². The van der Waals surface area contributed by atoms with Crippen molar-refractivity contribution in [3.05, 3.63) is 0 Å². The summed E-state index contributed by atoms with van der Waals surface area (Å²) in [4.78, 5) is 0. The van der Waals surface area contributed by atoms with Gasteiger partial charge >= 0.3 is 0 Å². The number of hydrogen-bond donors (Lipinski definition) is 2. The summed E-state index contributed by atoms with van der Waals surface area (Å²) >= 11 is 0. The quantitative estimate of drug-likeness (QED) is 0.228. The van der Waals surface area contributed by atoms with Crippen LogP contribution in [0, 0.1) is 0 Å². The molecule has 25 heavy (non-hydrogen) atoms. The van der Waals surface area contributed by atoms with Gasteiger partial charge in [0, 0.05) is 6.04 Å². The number of aliphatic hydroxyl groups is 1. The van der Waals surface area contributed by atoms with Crippen LogP contribution >= 0.6 is 0 Å². The van der Waals surface area contributed by atoms with Crippen LogP contribution in [0.25, 0.3) is 0 Å². The fourth-order valence-electron chi connectivity index (χ4n) is 3.52. The van der Waals surface area contributed by atoms with Gasteiger partial charge in [-0.05, 0) is 13.3 Å². The van der Waals surface area contributed by atoms with Gasteiger partial charge in [0.2, 0.25) is 0 Å². The van der Waals surface area contributed by atoms with Crippen LogP contribution in [-0.2, 0) is 0 Å². The molecule has 152 valence electrons. The monoisotopic (exact) mass is 355 g/mol. The SMILES string of the molecule is CCCCCCCCCCCCCCCCCCCC[C@@H](O)[C@H](C)N. The van der Waals surface area contributed by atoms with E-state index >= 15 is 0 Å². The molecule has 0 rings (SSSR count). The number of hydrogen-bond acceptors (Lipinski definition) is 2. The van der Waals surface area contributed by atoms with Crippen LogP contribution in [0.3, 0.4) is 0 Å². The maximum Gasteiger partial charge on any atom is 0.0688 e. The van der Waals surface area contributed by atoms with Crippen LogP contribution < -0.4 is 5.73 Å². The number of unbranched alkanes of at least 4 members (excludes halogenated alkanes) is 17. The van der Waals surface area contributed by atoms with E-state index in [9.17, 15) is 5.11 Å². The second kappa shape index (κ2) is 20.2. The smallest absolute Gasteiger partial charge is 0.0688 e. The van der Waals surface area contributed by atoms with Crippen molar-refractivity contribution in [2.24, 2.45) is 5.73 Å². The molecule has 0 fully saturated rings. The summed E-state index contributed by atoms with van der Waals surface area (Å²) in [5.74, 6) is 0. The summed E-state index contributed by atoms with van der Waals surface area (Å²) in [7, 11) is 0. The summed E-state index contributed by atoms with van der Waals surface area (Å²) in [6.45, 7) is 4.18. The molecule has 0 aromatic rings. The molecule has 0 amide bonds. The van der Waals surface area contributed by atoms with Gasteiger partial charge in [-0.25, -0.2) is 0 Å². The molecular weight excluding hydrogens is 306 g/mol. The average Bonchev–Trinajstić information content (AvgIpc) is 2.60. The van der Waals surface area contributed by atoms with Crippen LogP contribution in [0.1, 0.15) is 136 Å². The molecule has 0 bridgehead atoms. The second-order valence-electron chi connectivity index (χ2n) is 8.23. The number of rotatable bonds is 20. The van der Waals surface area contributed by atoms with Gasteiger partial charge in [-0.3, -0.25) is 0 Å². The molecule has 2 nitrogen and oxygen atoms in total. The summed E-state index contributed by atoms with van der Waals surface area (Å²) in [5.41, 5.74) is 5.66. The summed E-state index contributed by atoms with van der Waals surface area (Å²) in [5, 5.41) is 9.64. The Morgan fingerprint density at radius 1 is 0.560 bits per heavy atom. The zero-order chi connectivity index (χ0) is 18.6. The van der Waals surface area contributed by atoms with Crippen molar-refractivity contribution in [3.63, 3.8) is 0 Å². The third kappa shape index (κ3) is 20.1. The van der Waals surface area contributed by atoms with E-state index in [2.05, 4.69) is 6.92 Å². The maximum absolute atomic E-state index is 9.64. The highest BCUT2D eigenvalue weighted by Gasteiger charge is 2.07. The van der Waals surface area contributed by atoms with Gasteiger partial charge in [0.25, 0.3) is 0 Å². The number of nitrogens with two attached hydrogens (primary N) is 1. The highest BCUT2D eigenvalue weighted by molar-refractivity contribution is 4.65. The van der Waals surface area contributed by atoms with Crippen molar-refractivity contribution in [2.45, 2.75) is 148 Å². The zero-order valence-electron chi connectivity index (χ0n) is 17.6. The highest BCUT2D eigenvalue weighted by atomic mass is 16.3. The molecule has 0 saturated carbocycles. The first-order chi connectivity index (χ1) is 12.2. The topological polar surface area (TPSA) is 46.2 Å². The molecule has 0 heterocycles. The van der Waals surface area contributed by atoms with Crippen molar-refractivity contribution in [2.75, 3.05) is 0 Å². The summed E-state index contributed by atoms with van der Waals surface area (Å²) in [6.07, 6.45) is 25.8. The predicted octanol–water partition coefficient (Wildman–Crippen LogP) is 7.13. The zero-order valence-corrected chi connectivity index (χ0v) is 17.6. The lowest BCUT2D eigenvalue weighted by Crippen LogP contribution is -2.31. The van der Waals surface area contributed by atoms with E-state index in [0.717, 1.165) is 12.8 Å². The van der Waals surface area contributed by atoms with Gasteiger partial charge in [0.15, 0.2) is 0 Å². The Morgan fingerprint density at radius 2 is 0.840 bits per heavy atom. The molecule has 0 aliphatic carbocycles. The average molecular weight is 356 g/mol. The van der Waals surface area contributed by atoms with E-state index in [0.29, 0.717) is 0 Å². The Morgan fingerprint density at radius 3 is 1.12 bits per heavy atom. The minimum absolute atomic E-state index is 0.0780. The normalized spacial score (nSPS) is 13.9. The van der Waals surface area contributed by atoms with Gasteiger partial charge < -0.3 is 10.8 Å². The molecule has 0 aromatic carbocycles. The molecule has 2 atom stereocenters. The van der Waals surface area contributed by atoms with E-state index in [4.69, 9.17) is 5.73 Å². The second-order valence-corrected chi connectivity index (χ2v) is 8.23. The van der Waals surface area contributed by atoms with Gasteiger partial charge in [-0.2, -0.15) is 0 Å². The lowest BCUT2D eigenvalue weighted by molar-refractivity contribution is 0.138. The van der Waals surface area contributed by atoms with Gasteiger partial charge in [-0.1, -0.05) is 122 Å². The minimum atomic E-state index is -0.305. The number of aliphatic hydroxyl groups excluding tert-OH is 1. The Hall–Kier alpha value is -0.0800. The van der Waals surface area contributed by atoms with E-state index in [1.54, 1.807) is 0 Å². The van der Waals surface area contributed by atoms with Crippen LogP contribution in [0.4, 0.5) is 0 Å². The van der Waals surface area contributed by atoms with Crippen LogP contribution in [0.15, 0.2) is 0 Å². The molecule has 2 heteroatoms. The van der Waals surface area contributed by atoms with Gasteiger partial charge in [-0.15, -0.1) is 0 Å². The highest BCUT2D eigenvalue weighted by Crippen LogP contribution is 2.15. The van der Waals surface area contributed by atoms with Crippen molar-refractivity contribution in [1.82, 2.24) is 0 Å². The molecule has 0 unspecified atom stereocenters. The van der Waals surface area contributed by atoms with E-state index < -0.39 is 0 Å². The first kappa shape index (κ1) is 24.9. The Labute approximate surface area is 159 Å². The van der Waals surface area contributed by atoms with E-state index in [-0.39, 0.29) is 12.1 Å². The fraction of sp³-hybridized carbons (Fsp3) is 1.00. The predicted molar refractivity (Wildman–Crippen MR) is 113 cm³/mol. The van der Waals surface area contributed by atoms with Crippen LogP contribution in [0.5, 0.6) is 0 Å². The lowest BCUT2D eigenvalue weighted by Gasteiger charge is -2.13. The van der Waals surface area contributed by atoms with Gasteiger partial charge in [0.1, 0.15) is 0 Å². The van der Waals surface area contributed by atoms with Crippen LogP contribution in [-0.4, -0.2) is 17.3 Å². The third-order valence-corrected chi connectivity index (χ3v) is 5.46. The lowest BCUT2D eigenvalue weighted by atomic mass is 10.0. The first-order valence-electron chi connectivity index (χ1n) is 11.6. The van der Waals surface area contributed by atoms with Crippen molar-refractivity contribution in [1.29, 1.82) is 0 Å². The standard InChI is InChI=1S/C23H49NO/c1-3-4-5-6-7-8-9-10-11-12-13-14-15-16-17-18-19-20-21-23(25)22(2)24/h22-23,25H,3-21,24H2,1-2H3/t22-,23+/m0/s1. The molecule has 0 radical (unpaired) electrons. The molecule has 3 N–H and O–H groups in total. The Balaban J connectivity index is 3.03. The van der Waals surface area contributed by atoms with Gasteiger partial charge in [0.05, 0.1) is 6.10 Å². The Bertz CT molecular complexity index is 242. The first-order valence-corrected chi connectivity index (χ1v) is 11.6. The molecule has 0 aliphatic heterocycles. The minimum Gasteiger partial charge on any atom is -0.392 e. The Kier molecular flexibility index (Phi) is 20.2. The fourth-order valence-corrected chi connectivity index (χ4v) is 3.52. The molecule has 0 aromatic heterocycles. The maximum atomic E-state index is 9.64. The largest absolute Gasteiger partial charge is 0.392 e. The molecule has 0 saturated heterocycles. The summed E-state index contributed by atoms with van der Waals surface area (Å²) < 4.78 is 0. The third-order valence-electron chi connectivity index (χ3n) is 5.46. The molecule has 0 aliphatic rings. The van der Waals surface area contributed by atoms with Crippen molar-refractivity contribution >= 4 is 0 Å². The summed E-state index contributed by atoms with van der Waals surface area (Å²) in [6, 6.07) is -0.0780. The van der Waals surface area contributed by atoms with E-state index in [1.165, 1.54) is 109 Å².